The molecule has 0 aliphatic heterocycles. The van der Waals surface area contributed by atoms with Crippen molar-refractivity contribution in [3.05, 3.63) is 41.5 Å². The summed E-state index contributed by atoms with van der Waals surface area (Å²) in [6.45, 7) is 17.1. The molecule has 0 saturated carbocycles. The van der Waals surface area contributed by atoms with Gasteiger partial charge in [-0.1, -0.05) is 53.7 Å². The summed E-state index contributed by atoms with van der Waals surface area (Å²) < 4.78 is 0. The Balaban J connectivity index is 3.47. The van der Waals surface area contributed by atoms with E-state index in [0.717, 1.165) is 11.1 Å². The van der Waals surface area contributed by atoms with E-state index in [4.69, 9.17) is 0 Å². The van der Waals surface area contributed by atoms with Crippen LogP contribution >= 0.6 is 0 Å². The maximum Gasteiger partial charge on any atom is 0.128 e. The second kappa shape index (κ2) is 5.82. The van der Waals surface area contributed by atoms with Crippen molar-refractivity contribution in [1.82, 2.24) is 0 Å². The van der Waals surface area contributed by atoms with Crippen molar-refractivity contribution in [1.29, 1.82) is 0 Å². The molecule has 0 radical (unpaired) electrons. The Hall–Kier alpha value is -1.57. The van der Waals surface area contributed by atoms with E-state index in [2.05, 4.69) is 59.2 Å². The Labute approximate surface area is 123 Å². The first-order valence-corrected chi connectivity index (χ1v) is 7.06. The molecule has 1 aromatic carbocycles. The molecule has 20 heavy (non-hydrogen) atoms. The van der Waals surface area contributed by atoms with Crippen LogP contribution in [0.25, 0.3) is 0 Å². The molecule has 2 nitrogen and oxygen atoms in total. The van der Waals surface area contributed by atoms with Gasteiger partial charge in [-0.3, -0.25) is 4.99 Å². The third-order valence-corrected chi connectivity index (χ3v) is 3.28. The predicted molar refractivity (Wildman–Crippen MR) is 88.2 cm³/mol. The van der Waals surface area contributed by atoms with Gasteiger partial charge >= 0.3 is 0 Å². The van der Waals surface area contributed by atoms with Crippen LogP contribution in [0.5, 0.6) is 5.75 Å². The topological polar surface area (TPSA) is 32.6 Å². The van der Waals surface area contributed by atoms with E-state index >= 15 is 0 Å². The standard InChI is InChI=1S/C18H27NO/c1-8-9-19-12-13-10-14(17(2,3)4)11-15(16(13)20)18(5,6)7/h8,10-12,20H,1,9H2,2-7H3. The predicted octanol–water partition coefficient (Wildman–Crippen LogP) is 4.59. The van der Waals surface area contributed by atoms with Crippen LogP contribution in [-0.2, 0) is 10.8 Å². The van der Waals surface area contributed by atoms with Crippen LogP contribution in [0.3, 0.4) is 0 Å². The van der Waals surface area contributed by atoms with E-state index in [0.29, 0.717) is 12.3 Å². The largest absolute Gasteiger partial charge is 0.507 e. The number of nitrogens with zero attached hydrogens (tertiary/aromatic N) is 1. The van der Waals surface area contributed by atoms with Crippen LogP contribution in [-0.4, -0.2) is 17.9 Å². The second-order valence-corrected chi connectivity index (χ2v) is 7.24. The number of hydrogen-bond donors (Lipinski definition) is 1. The van der Waals surface area contributed by atoms with Gasteiger partial charge < -0.3 is 5.11 Å². The highest BCUT2D eigenvalue weighted by Gasteiger charge is 2.24. The minimum atomic E-state index is -0.105. The molecule has 1 rings (SSSR count). The third kappa shape index (κ3) is 3.96. The molecule has 1 N–H and O–H groups in total. The molecule has 0 aliphatic rings. The monoisotopic (exact) mass is 273 g/mol. The smallest absolute Gasteiger partial charge is 0.128 e. The molecular formula is C18H27NO. The van der Waals surface area contributed by atoms with Gasteiger partial charge in [-0.05, 0) is 22.5 Å². The lowest BCUT2D eigenvalue weighted by molar-refractivity contribution is 0.444. The van der Waals surface area contributed by atoms with Crippen LogP contribution < -0.4 is 0 Å². The summed E-state index contributed by atoms with van der Waals surface area (Å²) in [5, 5.41) is 10.5. The lowest BCUT2D eigenvalue weighted by Crippen LogP contribution is -2.17. The average molecular weight is 273 g/mol. The van der Waals surface area contributed by atoms with E-state index < -0.39 is 0 Å². The number of hydrogen-bond acceptors (Lipinski definition) is 2. The average Bonchev–Trinajstić information content (AvgIpc) is 2.28. The highest BCUT2D eigenvalue weighted by Crippen LogP contribution is 2.36. The molecule has 0 amide bonds. The fourth-order valence-corrected chi connectivity index (χ4v) is 1.99. The summed E-state index contributed by atoms with van der Waals surface area (Å²) in [6.07, 6.45) is 3.48. The van der Waals surface area contributed by atoms with E-state index in [1.54, 1.807) is 12.3 Å². The first kappa shape index (κ1) is 16.5. The fraction of sp³-hybridized carbons (Fsp3) is 0.500. The van der Waals surface area contributed by atoms with Crippen molar-refractivity contribution in [3.63, 3.8) is 0 Å². The number of phenolic OH excluding ortho intramolecular Hbond substituents is 1. The van der Waals surface area contributed by atoms with Gasteiger partial charge in [0.2, 0.25) is 0 Å². The minimum Gasteiger partial charge on any atom is -0.507 e. The Kier molecular flexibility index (Phi) is 4.80. The number of aromatic hydroxyl groups is 1. The van der Waals surface area contributed by atoms with Crippen molar-refractivity contribution < 1.29 is 5.11 Å². The molecule has 0 heterocycles. The van der Waals surface area contributed by atoms with Crippen molar-refractivity contribution in [2.75, 3.05) is 6.54 Å². The van der Waals surface area contributed by atoms with Crippen molar-refractivity contribution >= 4 is 6.21 Å². The molecule has 0 saturated heterocycles. The molecule has 0 aromatic heterocycles. The van der Waals surface area contributed by atoms with E-state index in [1.165, 1.54) is 5.56 Å². The van der Waals surface area contributed by atoms with Crippen LogP contribution in [0.1, 0.15) is 58.2 Å². The molecule has 110 valence electrons. The van der Waals surface area contributed by atoms with Gasteiger partial charge in [0.15, 0.2) is 0 Å². The van der Waals surface area contributed by atoms with Crippen LogP contribution in [0.4, 0.5) is 0 Å². The summed E-state index contributed by atoms with van der Waals surface area (Å²) in [5.41, 5.74) is 2.88. The lowest BCUT2D eigenvalue weighted by Gasteiger charge is -2.26. The highest BCUT2D eigenvalue weighted by molar-refractivity contribution is 5.85. The Morgan fingerprint density at radius 1 is 1.10 bits per heavy atom. The zero-order chi connectivity index (χ0) is 15.6. The van der Waals surface area contributed by atoms with Crippen LogP contribution in [0.2, 0.25) is 0 Å². The van der Waals surface area contributed by atoms with Gasteiger partial charge in [-0.25, -0.2) is 0 Å². The quantitative estimate of drug-likeness (QED) is 0.634. The first-order valence-electron chi connectivity index (χ1n) is 7.06. The molecule has 0 bridgehead atoms. The number of aliphatic imine (C=N–C) groups is 1. The zero-order valence-corrected chi connectivity index (χ0v) is 13.6. The highest BCUT2D eigenvalue weighted by atomic mass is 16.3. The Morgan fingerprint density at radius 3 is 2.15 bits per heavy atom. The van der Waals surface area contributed by atoms with Crippen molar-refractivity contribution in [3.8, 4) is 5.75 Å². The van der Waals surface area contributed by atoms with Crippen molar-refractivity contribution in [2.45, 2.75) is 52.4 Å². The molecule has 2 heteroatoms. The van der Waals surface area contributed by atoms with Crippen LogP contribution in [0.15, 0.2) is 29.8 Å². The number of phenols is 1. The van der Waals surface area contributed by atoms with Gasteiger partial charge in [0.1, 0.15) is 5.75 Å². The maximum absolute atomic E-state index is 10.5. The minimum absolute atomic E-state index is 0.0364. The summed E-state index contributed by atoms with van der Waals surface area (Å²) >= 11 is 0. The first-order chi connectivity index (χ1) is 9.07. The number of rotatable bonds is 3. The maximum atomic E-state index is 10.5. The summed E-state index contributed by atoms with van der Waals surface area (Å²) in [5.74, 6) is 0.332. The fourth-order valence-electron chi connectivity index (χ4n) is 1.99. The van der Waals surface area contributed by atoms with Gasteiger partial charge in [-0.15, -0.1) is 6.58 Å². The summed E-state index contributed by atoms with van der Waals surface area (Å²) in [4.78, 5) is 4.26. The van der Waals surface area contributed by atoms with Gasteiger partial charge in [0.05, 0.1) is 6.54 Å². The Morgan fingerprint density at radius 2 is 1.70 bits per heavy atom. The second-order valence-electron chi connectivity index (χ2n) is 7.24. The molecule has 1 aromatic rings. The van der Waals surface area contributed by atoms with Crippen molar-refractivity contribution in [2.24, 2.45) is 4.99 Å². The SMILES string of the molecule is C=CCN=Cc1cc(C(C)(C)C)cc(C(C)(C)C)c1O. The molecule has 0 spiro atoms. The van der Waals surface area contributed by atoms with Gasteiger partial charge in [0.25, 0.3) is 0 Å². The summed E-state index contributed by atoms with van der Waals surface area (Å²) in [7, 11) is 0. The Bertz CT molecular complexity index is 513. The van der Waals surface area contributed by atoms with Gasteiger partial charge in [0, 0.05) is 17.3 Å². The van der Waals surface area contributed by atoms with Gasteiger partial charge in [-0.2, -0.15) is 0 Å². The van der Waals surface area contributed by atoms with E-state index in [9.17, 15) is 5.11 Å². The number of benzene rings is 1. The zero-order valence-electron chi connectivity index (χ0n) is 13.6. The molecular weight excluding hydrogens is 246 g/mol. The summed E-state index contributed by atoms with van der Waals surface area (Å²) in [6, 6.07) is 4.14. The third-order valence-electron chi connectivity index (χ3n) is 3.28. The molecule has 0 unspecified atom stereocenters. The molecule has 0 fully saturated rings. The molecule has 0 aliphatic carbocycles. The van der Waals surface area contributed by atoms with E-state index in [-0.39, 0.29) is 10.8 Å². The normalized spacial score (nSPS) is 12.9. The van der Waals surface area contributed by atoms with E-state index in [1.807, 2.05) is 6.07 Å². The lowest BCUT2D eigenvalue weighted by atomic mass is 9.79. The molecule has 0 atom stereocenters. The van der Waals surface area contributed by atoms with Crippen LogP contribution in [0, 0.1) is 0 Å².